The van der Waals surface area contributed by atoms with Gasteiger partial charge in [0.2, 0.25) is 5.78 Å². The summed E-state index contributed by atoms with van der Waals surface area (Å²) in [6.07, 6.45) is 5.29. The Morgan fingerprint density at radius 3 is 2.62 bits per heavy atom. The molecule has 0 saturated carbocycles. The van der Waals surface area contributed by atoms with Crippen molar-refractivity contribution < 1.29 is 29.0 Å². The SMILES string of the molecule is COc1cccc(/C=C2/Oc3c(ccc(O)c3C[NH+]3CCCCC3)C2=O)c1OC. The lowest BCUT2D eigenvalue weighted by Crippen LogP contribution is -3.11. The van der Waals surface area contributed by atoms with Crippen molar-refractivity contribution in [1.29, 1.82) is 0 Å². The Morgan fingerprint density at radius 1 is 1.10 bits per heavy atom. The number of carbonyl (C=O) groups is 1. The van der Waals surface area contributed by atoms with E-state index >= 15 is 0 Å². The number of phenols is 1. The molecule has 0 atom stereocenters. The van der Waals surface area contributed by atoms with Gasteiger partial charge in [-0.05, 0) is 43.5 Å². The zero-order valence-electron chi connectivity index (χ0n) is 16.8. The summed E-state index contributed by atoms with van der Waals surface area (Å²) in [5, 5.41) is 10.5. The largest absolute Gasteiger partial charge is 0.507 e. The van der Waals surface area contributed by atoms with Crippen LogP contribution >= 0.6 is 0 Å². The maximum absolute atomic E-state index is 13.0. The number of ether oxygens (including phenoxy) is 3. The number of aromatic hydroxyl groups is 1. The number of hydrogen-bond donors (Lipinski definition) is 2. The number of para-hydroxylation sites is 1. The number of quaternary nitrogens is 1. The molecule has 2 aromatic rings. The summed E-state index contributed by atoms with van der Waals surface area (Å²) in [5.74, 6) is 1.79. The van der Waals surface area contributed by atoms with Gasteiger partial charge < -0.3 is 24.2 Å². The maximum Gasteiger partial charge on any atom is 0.231 e. The van der Waals surface area contributed by atoms with Crippen molar-refractivity contribution in [3.63, 3.8) is 0 Å². The van der Waals surface area contributed by atoms with Gasteiger partial charge in [-0.25, -0.2) is 0 Å². The highest BCUT2D eigenvalue weighted by atomic mass is 16.5. The predicted molar refractivity (Wildman–Crippen MR) is 109 cm³/mol. The van der Waals surface area contributed by atoms with Crippen LogP contribution in [0.1, 0.15) is 40.7 Å². The number of benzene rings is 2. The summed E-state index contributed by atoms with van der Waals surface area (Å²) in [7, 11) is 3.13. The third kappa shape index (κ3) is 3.68. The number of ketones is 1. The van der Waals surface area contributed by atoms with E-state index in [1.54, 1.807) is 38.5 Å². The van der Waals surface area contributed by atoms with Gasteiger partial charge in [0.05, 0.1) is 38.4 Å². The molecule has 2 N–H and O–H groups in total. The van der Waals surface area contributed by atoms with E-state index in [9.17, 15) is 9.90 Å². The minimum atomic E-state index is -0.195. The molecule has 2 aliphatic rings. The van der Waals surface area contributed by atoms with Crippen molar-refractivity contribution in [3.05, 3.63) is 52.8 Å². The number of methoxy groups -OCH3 is 2. The number of piperidine rings is 1. The first-order valence-electron chi connectivity index (χ1n) is 9.96. The molecule has 152 valence electrons. The van der Waals surface area contributed by atoms with Gasteiger partial charge >= 0.3 is 0 Å². The Balaban J connectivity index is 1.68. The van der Waals surface area contributed by atoms with E-state index < -0.39 is 0 Å². The van der Waals surface area contributed by atoms with E-state index in [4.69, 9.17) is 14.2 Å². The Labute approximate surface area is 170 Å². The Morgan fingerprint density at radius 2 is 1.90 bits per heavy atom. The molecule has 1 fully saturated rings. The summed E-state index contributed by atoms with van der Waals surface area (Å²) >= 11 is 0. The minimum Gasteiger partial charge on any atom is -0.507 e. The van der Waals surface area contributed by atoms with Gasteiger partial charge in [-0.1, -0.05) is 12.1 Å². The number of Topliss-reactive ketones (excluding diaryl/α,β-unsaturated/α-hetero) is 1. The van der Waals surface area contributed by atoms with Crippen LogP contribution in [0.3, 0.4) is 0 Å². The van der Waals surface area contributed by atoms with E-state index in [-0.39, 0.29) is 17.3 Å². The van der Waals surface area contributed by atoms with Gasteiger partial charge in [-0.3, -0.25) is 4.79 Å². The van der Waals surface area contributed by atoms with Crippen molar-refractivity contribution in [3.8, 4) is 23.0 Å². The van der Waals surface area contributed by atoms with Crippen molar-refractivity contribution in [2.75, 3.05) is 27.3 Å². The standard InChI is InChI=1S/C23H25NO5/c1-27-19-8-6-7-15(22(19)28-2)13-20-21(26)16-9-10-18(25)17(23(16)29-20)14-24-11-4-3-5-12-24/h6-10,13,25H,3-5,11-12,14H2,1-2H3/p+1/b20-13+. The lowest BCUT2D eigenvalue weighted by Gasteiger charge is -2.24. The highest BCUT2D eigenvalue weighted by Gasteiger charge is 2.33. The third-order valence-corrected chi connectivity index (χ3v) is 5.62. The van der Waals surface area contributed by atoms with Crippen LogP contribution in [0, 0.1) is 0 Å². The lowest BCUT2D eigenvalue weighted by atomic mass is 10.0. The van der Waals surface area contributed by atoms with Crippen molar-refractivity contribution >= 4 is 11.9 Å². The summed E-state index contributed by atoms with van der Waals surface area (Å²) < 4.78 is 16.8. The Kier molecular flexibility index (Phi) is 5.45. The Hall–Kier alpha value is -2.99. The van der Waals surface area contributed by atoms with E-state index in [1.807, 2.05) is 12.1 Å². The summed E-state index contributed by atoms with van der Waals surface area (Å²) in [6.45, 7) is 2.79. The molecule has 6 nitrogen and oxygen atoms in total. The summed E-state index contributed by atoms with van der Waals surface area (Å²) in [4.78, 5) is 14.4. The fourth-order valence-electron chi connectivity index (χ4n) is 4.11. The van der Waals surface area contributed by atoms with E-state index in [0.717, 1.165) is 13.1 Å². The van der Waals surface area contributed by atoms with Crippen molar-refractivity contribution in [2.45, 2.75) is 25.8 Å². The highest BCUT2D eigenvalue weighted by molar-refractivity contribution is 6.15. The highest BCUT2D eigenvalue weighted by Crippen LogP contribution is 2.40. The second-order valence-electron chi connectivity index (χ2n) is 7.45. The third-order valence-electron chi connectivity index (χ3n) is 5.62. The van der Waals surface area contributed by atoms with E-state index in [0.29, 0.717) is 40.5 Å². The number of nitrogens with one attached hydrogen (secondary N) is 1. The van der Waals surface area contributed by atoms with Gasteiger partial charge in [0.25, 0.3) is 0 Å². The number of hydrogen-bond acceptors (Lipinski definition) is 5. The second-order valence-corrected chi connectivity index (χ2v) is 7.45. The molecule has 2 aliphatic heterocycles. The maximum atomic E-state index is 13.0. The van der Waals surface area contributed by atoms with Crippen LogP contribution in [-0.4, -0.2) is 38.2 Å². The lowest BCUT2D eigenvalue weighted by molar-refractivity contribution is -0.918. The number of likely N-dealkylation sites (tertiary alicyclic amines) is 1. The average molecular weight is 396 g/mol. The molecule has 0 unspecified atom stereocenters. The molecule has 0 radical (unpaired) electrons. The molecule has 0 spiro atoms. The fourth-order valence-corrected chi connectivity index (χ4v) is 4.11. The number of rotatable bonds is 5. The Bertz CT molecular complexity index is 960. The minimum absolute atomic E-state index is 0.176. The summed E-state index contributed by atoms with van der Waals surface area (Å²) in [5.41, 5.74) is 1.88. The van der Waals surface area contributed by atoms with Gasteiger partial charge in [0.1, 0.15) is 12.3 Å². The van der Waals surface area contributed by atoms with E-state index in [1.165, 1.54) is 24.2 Å². The molecule has 2 heterocycles. The number of fused-ring (bicyclic) bond motifs is 1. The van der Waals surface area contributed by atoms with Gasteiger partial charge in [-0.15, -0.1) is 0 Å². The second kappa shape index (κ2) is 8.17. The van der Waals surface area contributed by atoms with Gasteiger partial charge in [-0.2, -0.15) is 0 Å². The van der Waals surface area contributed by atoms with Crippen LogP contribution in [0.2, 0.25) is 0 Å². The predicted octanol–water partition coefficient (Wildman–Crippen LogP) is 2.59. The molecule has 0 aliphatic carbocycles. The van der Waals surface area contributed by atoms with Gasteiger partial charge in [0, 0.05) is 5.56 Å². The van der Waals surface area contributed by atoms with Crippen molar-refractivity contribution in [2.24, 2.45) is 0 Å². The number of phenolic OH excluding ortho intramolecular Hbond substituents is 1. The van der Waals surface area contributed by atoms with Crippen LogP contribution in [0.4, 0.5) is 0 Å². The van der Waals surface area contributed by atoms with Crippen LogP contribution in [0.25, 0.3) is 6.08 Å². The number of carbonyl (C=O) groups excluding carboxylic acids is 1. The first-order chi connectivity index (χ1) is 14.1. The van der Waals surface area contributed by atoms with E-state index in [2.05, 4.69) is 0 Å². The van der Waals surface area contributed by atoms with Crippen LogP contribution < -0.4 is 19.1 Å². The molecular weight excluding hydrogens is 370 g/mol. The quantitative estimate of drug-likeness (QED) is 0.761. The fraction of sp³-hybridized carbons (Fsp3) is 0.348. The zero-order valence-corrected chi connectivity index (χ0v) is 16.8. The smallest absolute Gasteiger partial charge is 0.231 e. The molecule has 0 amide bonds. The monoisotopic (exact) mass is 396 g/mol. The van der Waals surface area contributed by atoms with Gasteiger partial charge in [0.15, 0.2) is 23.0 Å². The zero-order chi connectivity index (χ0) is 20.4. The molecule has 29 heavy (non-hydrogen) atoms. The average Bonchev–Trinajstić information content (AvgIpc) is 3.06. The topological polar surface area (TPSA) is 69.4 Å². The molecule has 2 aromatic carbocycles. The molecule has 4 rings (SSSR count). The summed E-state index contributed by atoms with van der Waals surface area (Å²) in [6, 6.07) is 8.69. The molecule has 1 saturated heterocycles. The van der Waals surface area contributed by atoms with Crippen molar-refractivity contribution in [1.82, 2.24) is 0 Å². The molecular formula is C23H26NO5+. The first kappa shape index (κ1) is 19.3. The van der Waals surface area contributed by atoms with Crippen LogP contribution in [0.15, 0.2) is 36.1 Å². The van der Waals surface area contributed by atoms with Crippen LogP contribution in [-0.2, 0) is 6.54 Å². The van der Waals surface area contributed by atoms with Crippen LogP contribution in [0.5, 0.6) is 23.0 Å². The normalized spacial score (nSPS) is 17.9. The first-order valence-corrected chi connectivity index (χ1v) is 9.96. The molecule has 0 aromatic heterocycles. The molecule has 0 bridgehead atoms. The number of allylic oxidation sites excluding steroid dienone is 1. The molecule has 6 heteroatoms.